The lowest BCUT2D eigenvalue weighted by Crippen LogP contribution is -1.96. The van der Waals surface area contributed by atoms with E-state index in [-0.39, 0.29) is 5.82 Å². The highest BCUT2D eigenvalue weighted by Gasteiger charge is 2.09. The topological polar surface area (TPSA) is 54.0 Å². The largest absolute Gasteiger partial charge is 0.212 e. The van der Waals surface area contributed by atoms with Crippen LogP contribution in [0.2, 0.25) is 0 Å². The van der Waals surface area contributed by atoms with E-state index in [9.17, 15) is 4.39 Å². The Morgan fingerprint density at radius 1 is 1.16 bits per heavy atom. The van der Waals surface area contributed by atoms with Gasteiger partial charge in [0, 0.05) is 6.42 Å². The molecule has 0 atom stereocenters. The Kier molecular flexibility index (Phi) is 2.69. The SMILES string of the molecule is N#Cc1cccc2nc(Cc3ccccc3F)nn12. The first kappa shape index (κ1) is 11.4. The minimum Gasteiger partial charge on any atom is -0.212 e. The van der Waals surface area contributed by atoms with Crippen LogP contribution in [-0.2, 0) is 6.42 Å². The molecule has 0 fully saturated rings. The van der Waals surface area contributed by atoms with Crippen molar-refractivity contribution in [3.63, 3.8) is 0 Å². The molecule has 1 aromatic carbocycles. The van der Waals surface area contributed by atoms with Crippen LogP contribution in [0.15, 0.2) is 42.5 Å². The van der Waals surface area contributed by atoms with Crippen LogP contribution in [-0.4, -0.2) is 14.6 Å². The standard InChI is InChI=1S/C14H9FN4/c15-12-6-2-1-4-10(12)8-13-17-14-7-3-5-11(9-16)19(14)18-13/h1-7H,8H2. The monoisotopic (exact) mass is 252 g/mol. The van der Waals surface area contributed by atoms with Gasteiger partial charge in [-0.15, -0.1) is 5.10 Å². The number of aromatic nitrogens is 3. The predicted octanol–water partition coefficient (Wildman–Crippen LogP) is 2.33. The van der Waals surface area contributed by atoms with E-state index < -0.39 is 0 Å². The molecule has 0 amide bonds. The van der Waals surface area contributed by atoms with Gasteiger partial charge in [-0.1, -0.05) is 24.3 Å². The zero-order valence-electron chi connectivity index (χ0n) is 9.92. The molecule has 0 aliphatic rings. The molecule has 0 unspecified atom stereocenters. The van der Waals surface area contributed by atoms with Crippen molar-refractivity contribution in [2.45, 2.75) is 6.42 Å². The van der Waals surface area contributed by atoms with Gasteiger partial charge in [0.15, 0.2) is 11.5 Å². The highest BCUT2D eigenvalue weighted by atomic mass is 19.1. The molecule has 0 saturated heterocycles. The number of nitriles is 1. The Bertz CT molecular complexity index is 785. The van der Waals surface area contributed by atoms with Crippen molar-refractivity contribution in [2.24, 2.45) is 0 Å². The van der Waals surface area contributed by atoms with Crippen molar-refractivity contribution in [1.29, 1.82) is 5.26 Å². The van der Waals surface area contributed by atoms with Gasteiger partial charge in [0.2, 0.25) is 0 Å². The average Bonchev–Trinajstić information content (AvgIpc) is 2.83. The predicted molar refractivity (Wildman–Crippen MR) is 66.9 cm³/mol. The lowest BCUT2D eigenvalue weighted by atomic mass is 10.1. The molecule has 0 aliphatic heterocycles. The molecule has 19 heavy (non-hydrogen) atoms. The van der Waals surface area contributed by atoms with Gasteiger partial charge in [-0.2, -0.15) is 5.26 Å². The maximum atomic E-state index is 13.6. The van der Waals surface area contributed by atoms with Gasteiger partial charge in [0.25, 0.3) is 0 Å². The third-order valence-corrected chi connectivity index (χ3v) is 2.82. The van der Waals surface area contributed by atoms with Crippen LogP contribution < -0.4 is 0 Å². The first-order valence-electron chi connectivity index (χ1n) is 5.76. The molecule has 0 radical (unpaired) electrons. The summed E-state index contributed by atoms with van der Waals surface area (Å²) in [6, 6.07) is 13.7. The highest BCUT2D eigenvalue weighted by Crippen LogP contribution is 2.12. The molecule has 0 bridgehead atoms. The molecule has 3 aromatic rings. The summed E-state index contributed by atoms with van der Waals surface area (Å²) >= 11 is 0. The van der Waals surface area contributed by atoms with Crippen LogP contribution in [0.1, 0.15) is 17.1 Å². The van der Waals surface area contributed by atoms with Gasteiger partial charge >= 0.3 is 0 Å². The molecule has 0 aliphatic carbocycles. The minimum absolute atomic E-state index is 0.276. The number of hydrogen-bond acceptors (Lipinski definition) is 3. The quantitative estimate of drug-likeness (QED) is 0.703. The fraction of sp³-hybridized carbons (Fsp3) is 0.0714. The van der Waals surface area contributed by atoms with E-state index in [0.717, 1.165) is 0 Å². The van der Waals surface area contributed by atoms with E-state index >= 15 is 0 Å². The van der Waals surface area contributed by atoms with E-state index in [4.69, 9.17) is 5.26 Å². The highest BCUT2D eigenvalue weighted by molar-refractivity contribution is 5.42. The summed E-state index contributed by atoms with van der Waals surface area (Å²) in [5.74, 6) is 0.217. The summed E-state index contributed by atoms with van der Waals surface area (Å²) in [5, 5.41) is 13.2. The van der Waals surface area contributed by atoms with Gasteiger partial charge in [-0.05, 0) is 23.8 Å². The third kappa shape index (κ3) is 2.04. The normalized spacial score (nSPS) is 10.5. The van der Waals surface area contributed by atoms with Gasteiger partial charge in [0.05, 0.1) is 0 Å². The number of pyridine rings is 1. The summed E-state index contributed by atoms with van der Waals surface area (Å²) in [4.78, 5) is 4.29. The zero-order chi connectivity index (χ0) is 13.2. The molecule has 5 heteroatoms. The van der Waals surface area contributed by atoms with E-state index in [1.54, 1.807) is 36.4 Å². The summed E-state index contributed by atoms with van der Waals surface area (Å²) in [5.41, 5.74) is 1.53. The molecule has 4 nitrogen and oxygen atoms in total. The molecule has 2 heterocycles. The average molecular weight is 252 g/mol. The Morgan fingerprint density at radius 2 is 2.00 bits per heavy atom. The molecule has 0 spiro atoms. The smallest absolute Gasteiger partial charge is 0.157 e. The second-order valence-electron chi connectivity index (χ2n) is 4.09. The third-order valence-electron chi connectivity index (χ3n) is 2.82. The Morgan fingerprint density at radius 3 is 2.79 bits per heavy atom. The summed E-state index contributed by atoms with van der Waals surface area (Å²) in [6.45, 7) is 0. The Labute approximate surface area is 108 Å². The van der Waals surface area contributed by atoms with E-state index in [1.807, 2.05) is 6.07 Å². The number of halogens is 1. The number of benzene rings is 1. The Balaban J connectivity index is 2.03. The van der Waals surface area contributed by atoms with Crippen LogP contribution in [0.3, 0.4) is 0 Å². The van der Waals surface area contributed by atoms with E-state index in [0.29, 0.717) is 29.1 Å². The molecular weight excluding hydrogens is 243 g/mol. The van der Waals surface area contributed by atoms with Crippen LogP contribution in [0.25, 0.3) is 5.65 Å². The maximum absolute atomic E-state index is 13.6. The second-order valence-corrected chi connectivity index (χ2v) is 4.09. The lowest BCUT2D eigenvalue weighted by Gasteiger charge is -1.98. The molecule has 2 aromatic heterocycles. The molecule has 92 valence electrons. The van der Waals surface area contributed by atoms with Crippen molar-refractivity contribution in [2.75, 3.05) is 0 Å². The Hall–Kier alpha value is -2.74. The number of fused-ring (bicyclic) bond motifs is 1. The minimum atomic E-state index is -0.276. The van der Waals surface area contributed by atoms with Crippen LogP contribution >= 0.6 is 0 Å². The van der Waals surface area contributed by atoms with Crippen molar-refractivity contribution in [3.05, 3.63) is 65.4 Å². The van der Waals surface area contributed by atoms with Gasteiger partial charge in [0.1, 0.15) is 17.6 Å². The summed E-state index contributed by atoms with van der Waals surface area (Å²) < 4.78 is 15.0. The zero-order valence-corrected chi connectivity index (χ0v) is 9.92. The van der Waals surface area contributed by atoms with Crippen molar-refractivity contribution in [3.8, 4) is 6.07 Å². The molecule has 0 N–H and O–H groups in total. The summed E-state index contributed by atoms with van der Waals surface area (Å²) in [7, 11) is 0. The van der Waals surface area contributed by atoms with Crippen molar-refractivity contribution in [1.82, 2.24) is 14.6 Å². The molecule has 3 rings (SSSR count). The van der Waals surface area contributed by atoms with Crippen LogP contribution in [0.5, 0.6) is 0 Å². The second kappa shape index (κ2) is 4.50. The number of hydrogen-bond donors (Lipinski definition) is 0. The fourth-order valence-electron chi connectivity index (χ4n) is 1.92. The van der Waals surface area contributed by atoms with Crippen molar-refractivity contribution < 1.29 is 4.39 Å². The first-order valence-corrected chi connectivity index (χ1v) is 5.76. The number of rotatable bonds is 2. The van der Waals surface area contributed by atoms with Crippen LogP contribution in [0.4, 0.5) is 4.39 Å². The lowest BCUT2D eigenvalue weighted by molar-refractivity contribution is 0.612. The van der Waals surface area contributed by atoms with E-state index in [1.165, 1.54) is 10.6 Å². The number of nitrogens with zero attached hydrogens (tertiary/aromatic N) is 4. The molecule has 0 saturated carbocycles. The molecular formula is C14H9FN4. The van der Waals surface area contributed by atoms with E-state index in [2.05, 4.69) is 10.1 Å². The van der Waals surface area contributed by atoms with Crippen LogP contribution in [0, 0.1) is 17.1 Å². The van der Waals surface area contributed by atoms with Gasteiger partial charge < -0.3 is 0 Å². The maximum Gasteiger partial charge on any atom is 0.157 e. The fourth-order valence-corrected chi connectivity index (χ4v) is 1.92. The summed E-state index contributed by atoms with van der Waals surface area (Å²) in [6.07, 6.45) is 0.305. The van der Waals surface area contributed by atoms with Crippen molar-refractivity contribution >= 4 is 5.65 Å². The van der Waals surface area contributed by atoms with Gasteiger partial charge in [-0.25, -0.2) is 13.9 Å². The van der Waals surface area contributed by atoms with Gasteiger partial charge in [-0.3, -0.25) is 0 Å². The first-order chi connectivity index (χ1) is 9.28.